The van der Waals surface area contributed by atoms with E-state index in [9.17, 15) is 18.0 Å². The lowest BCUT2D eigenvalue weighted by Crippen LogP contribution is -2.30. The van der Waals surface area contributed by atoms with Gasteiger partial charge < -0.3 is 4.90 Å². The van der Waals surface area contributed by atoms with Crippen molar-refractivity contribution in [1.29, 1.82) is 0 Å². The lowest BCUT2D eigenvalue weighted by molar-refractivity contribution is -0.137. The first kappa shape index (κ1) is 18.3. The Morgan fingerprint density at radius 3 is 2.55 bits per heavy atom. The van der Waals surface area contributed by atoms with E-state index in [4.69, 9.17) is 11.6 Å². The van der Waals surface area contributed by atoms with E-state index < -0.39 is 11.7 Å². The molecule has 0 aliphatic rings. The van der Waals surface area contributed by atoms with Crippen molar-refractivity contribution < 1.29 is 18.0 Å². The summed E-state index contributed by atoms with van der Waals surface area (Å²) in [7, 11) is 0. The Kier molecular flexibility index (Phi) is 6.23. The third-order valence-electron chi connectivity index (χ3n) is 2.87. The molecule has 0 saturated heterocycles. The third-order valence-corrected chi connectivity index (χ3v) is 3.20. The monoisotopic (exact) mass is 331 g/mol. The summed E-state index contributed by atoms with van der Waals surface area (Å²) < 4.78 is 38.3. The zero-order chi connectivity index (χ0) is 16.9. The average Bonchev–Trinajstić information content (AvgIpc) is 2.42. The van der Waals surface area contributed by atoms with Crippen LogP contribution in [0.3, 0.4) is 0 Å². The molecule has 0 radical (unpaired) electrons. The summed E-state index contributed by atoms with van der Waals surface area (Å²) in [6.07, 6.45) is -1.94. The molecule has 1 rings (SSSR count). The van der Waals surface area contributed by atoms with Crippen molar-refractivity contribution in [2.75, 3.05) is 13.1 Å². The fraction of sp³-hybridized carbons (Fsp3) is 0.312. The number of nitrogens with zero attached hydrogens (tertiary/aromatic N) is 1. The highest BCUT2D eigenvalue weighted by Crippen LogP contribution is 2.35. The molecule has 0 heterocycles. The van der Waals surface area contributed by atoms with E-state index in [0.717, 1.165) is 11.6 Å². The fourth-order valence-electron chi connectivity index (χ4n) is 1.81. The van der Waals surface area contributed by atoms with Gasteiger partial charge in [-0.2, -0.15) is 13.2 Å². The summed E-state index contributed by atoms with van der Waals surface area (Å²) in [5, 5.41) is -0.367. The van der Waals surface area contributed by atoms with Gasteiger partial charge in [-0.3, -0.25) is 4.79 Å². The lowest BCUT2D eigenvalue weighted by Gasteiger charge is -2.18. The Morgan fingerprint density at radius 2 is 2.05 bits per heavy atom. The van der Waals surface area contributed by atoms with Gasteiger partial charge in [0.25, 0.3) is 0 Å². The van der Waals surface area contributed by atoms with Crippen molar-refractivity contribution in [2.45, 2.75) is 20.0 Å². The van der Waals surface area contributed by atoms with Gasteiger partial charge in [0.2, 0.25) is 5.91 Å². The molecule has 0 unspecified atom stereocenters. The minimum atomic E-state index is -4.53. The highest BCUT2D eigenvalue weighted by atomic mass is 35.5. The van der Waals surface area contributed by atoms with Crippen molar-refractivity contribution in [3.8, 4) is 0 Å². The predicted octanol–water partition coefficient (Wildman–Crippen LogP) is 4.80. The summed E-state index contributed by atoms with van der Waals surface area (Å²) in [5.74, 6) is -0.283. The maximum absolute atomic E-state index is 12.8. The van der Waals surface area contributed by atoms with E-state index in [1.54, 1.807) is 11.8 Å². The largest absolute Gasteiger partial charge is 0.417 e. The van der Waals surface area contributed by atoms with Gasteiger partial charge in [0.15, 0.2) is 0 Å². The van der Waals surface area contributed by atoms with Crippen LogP contribution in [0, 0.1) is 0 Å². The molecule has 0 saturated carbocycles. The number of rotatable bonds is 5. The normalized spacial score (nSPS) is 11.7. The van der Waals surface area contributed by atoms with E-state index in [0.29, 0.717) is 13.1 Å². The van der Waals surface area contributed by atoms with Gasteiger partial charge in [0, 0.05) is 19.2 Å². The SMILES string of the molecule is C=C(C)CN(CC)C(=O)C=Cc1ccc(Cl)c(C(F)(F)F)c1. The van der Waals surface area contributed by atoms with Crippen LogP contribution in [-0.4, -0.2) is 23.9 Å². The molecule has 2 nitrogen and oxygen atoms in total. The van der Waals surface area contributed by atoms with Gasteiger partial charge in [-0.25, -0.2) is 0 Å². The summed E-state index contributed by atoms with van der Waals surface area (Å²) >= 11 is 5.54. The molecule has 0 N–H and O–H groups in total. The van der Waals surface area contributed by atoms with Gasteiger partial charge in [0.05, 0.1) is 10.6 Å². The number of benzene rings is 1. The Hall–Kier alpha value is -1.75. The highest BCUT2D eigenvalue weighted by molar-refractivity contribution is 6.31. The van der Waals surface area contributed by atoms with Gasteiger partial charge in [0.1, 0.15) is 0 Å². The maximum Gasteiger partial charge on any atom is 0.417 e. The quantitative estimate of drug-likeness (QED) is 0.561. The van der Waals surface area contributed by atoms with E-state index >= 15 is 0 Å². The molecule has 0 aliphatic carbocycles. The second-order valence-electron chi connectivity index (χ2n) is 4.88. The standard InChI is InChI=1S/C16H17ClF3NO/c1-4-21(10-11(2)3)15(22)8-6-12-5-7-14(17)13(9-12)16(18,19)20/h5-9H,2,4,10H2,1,3H3. The number of amides is 1. The van der Waals surface area contributed by atoms with Crippen molar-refractivity contribution in [3.05, 3.63) is 52.6 Å². The Morgan fingerprint density at radius 1 is 1.41 bits per heavy atom. The van der Waals surface area contributed by atoms with Crippen LogP contribution in [-0.2, 0) is 11.0 Å². The molecule has 0 bridgehead atoms. The molecule has 0 aliphatic heterocycles. The first-order valence-corrected chi connectivity index (χ1v) is 7.01. The predicted molar refractivity (Wildman–Crippen MR) is 82.6 cm³/mol. The van der Waals surface area contributed by atoms with Crippen LogP contribution in [0.1, 0.15) is 25.0 Å². The number of alkyl halides is 3. The van der Waals surface area contributed by atoms with E-state index in [1.165, 1.54) is 24.3 Å². The molecule has 1 amide bonds. The zero-order valence-electron chi connectivity index (χ0n) is 12.4. The second-order valence-corrected chi connectivity index (χ2v) is 5.29. The molecule has 22 heavy (non-hydrogen) atoms. The molecular formula is C16H17ClF3NO. The number of carbonyl (C=O) groups excluding carboxylic acids is 1. The topological polar surface area (TPSA) is 20.3 Å². The summed E-state index contributed by atoms with van der Waals surface area (Å²) in [5.41, 5.74) is 0.170. The first-order chi connectivity index (χ1) is 10.1. The third kappa shape index (κ3) is 5.22. The van der Waals surface area contributed by atoms with E-state index in [2.05, 4.69) is 6.58 Å². The number of hydrogen-bond acceptors (Lipinski definition) is 1. The summed E-state index contributed by atoms with van der Waals surface area (Å²) in [6.45, 7) is 8.25. The summed E-state index contributed by atoms with van der Waals surface area (Å²) in [6, 6.07) is 3.51. The van der Waals surface area contributed by atoms with Crippen molar-refractivity contribution in [3.63, 3.8) is 0 Å². The van der Waals surface area contributed by atoms with Crippen molar-refractivity contribution in [1.82, 2.24) is 4.90 Å². The van der Waals surface area contributed by atoms with Crippen LogP contribution < -0.4 is 0 Å². The smallest absolute Gasteiger partial charge is 0.335 e. The van der Waals surface area contributed by atoms with E-state index in [-0.39, 0.29) is 16.5 Å². The minimum Gasteiger partial charge on any atom is -0.335 e. The molecule has 0 atom stereocenters. The van der Waals surface area contributed by atoms with Gasteiger partial charge in [-0.1, -0.05) is 29.8 Å². The molecule has 120 valence electrons. The number of likely N-dealkylation sites (N-methyl/N-ethyl adjacent to an activating group) is 1. The Balaban J connectivity index is 2.95. The van der Waals surface area contributed by atoms with Crippen LogP contribution in [0.5, 0.6) is 0 Å². The first-order valence-electron chi connectivity index (χ1n) is 6.63. The van der Waals surface area contributed by atoms with Gasteiger partial charge in [-0.05, 0) is 37.6 Å². The van der Waals surface area contributed by atoms with Crippen LogP contribution in [0.15, 0.2) is 36.4 Å². The van der Waals surface area contributed by atoms with Crippen LogP contribution >= 0.6 is 11.6 Å². The lowest BCUT2D eigenvalue weighted by atomic mass is 10.1. The zero-order valence-corrected chi connectivity index (χ0v) is 13.1. The summed E-state index contributed by atoms with van der Waals surface area (Å²) in [4.78, 5) is 13.5. The highest BCUT2D eigenvalue weighted by Gasteiger charge is 2.33. The number of hydrogen-bond donors (Lipinski definition) is 0. The van der Waals surface area contributed by atoms with Gasteiger partial charge >= 0.3 is 6.18 Å². The molecule has 0 aromatic heterocycles. The Labute approximate surface area is 132 Å². The van der Waals surface area contributed by atoms with Crippen LogP contribution in [0.2, 0.25) is 5.02 Å². The van der Waals surface area contributed by atoms with Crippen LogP contribution in [0.25, 0.3) is 6.08 Å². The van der Waals surface area contributed by atoms with E-state index in [1.807, 2.05) is 6.92 Å². The fourth-order valence-corrected chi connectivity index (χ4v) is 2.03. The average molecular weight is 332 g/mol. The maximum atomic E-state index is 12.8. The van der Waals surface area contributed by atoms with Gasteiger partial charge in [-0.15, -0.1) is 0 Å². The van der Waals surface area contributed by atoms with Crippen LogP contribution in [0.4, 0.5) is 13.2 Å². The molecule has 0 spiro atoms. The molecule has 1 aromatic carbocycles. The molecular weight excluding hydrogens is 315 g/mol. The number of carbonyl (C=O) groups is 1. The molecule has 6 heteroatoms. The minimum absolute atomic E-state index is 0.261. The van der Waals surface area contributed by atoms with Crippen molar-refractivity contribution >= 4 is 23.6 Å². The number of halogens is 4. The van der Waals surface area contributed by atoms with Crippen molar-refractivity contribution in [2.24, 2.45) is 0 Å². The molecule has 1 aromatic rings. The second kappa shape index (κ2) is 7.49. The molecule has 0 fully saturated rings. The Bertz CT molecular complexity index is 594.